The Bertz CT molecular complexity index is 599. The Morgan fingerprint density at radius 1 is 1.11 bits per heavy atom. The number of carbonyl (C=O) groups excluding carboxylic acids is 1. The van der Waals surface area contributed by atoms with Crippen molar-refractivity contribution in [3.8, 4) is 11.5 Å². The number of halogens is 1. The zero-order valence-electron chi connectivity index (χ0n) is 10.5. The highest BCUT2D eigenvalue weighted by Gasteiger charge is 2.07. The second kappa shape index (κ2) is 6.41. The number of likely N-dealkylation sites (N-methyl/N-ethyl adjacent to an activating group) is 1. The summed E-state index contributed by atoms with van der Waals surface area (Å²) in [7, 11) is 0. The summed E-state index contributed by atoms with van der Waals surface area (Å²) in [4.78, 5) is 11.8. The molecule has 3 N–H and O–H groups in total. The van der Waals surface area contributed by atoms with Gasteiger partial charge in [0.1, 0.15) is 0 Å². The number of ketones is 1. The van der Waals surface area contributed by atoms with Crippen molar-refractivity contribution >= 4 is 29.0 Å². The van der Waals surface area contributed by atoms with Crippen LogP contribution < -0.4 is 5.32 Å². The number of rotatable bonds is 4. The lowest BCUT2D eigenvalue weighted by atomic mass is 10.0. The van der Waals surface area contributed by atoms with Crippen LogP contribution in [0.1, 0.15) is 17.3 Å². The maximum Gasteiger partial charge on any atom is 0.176 e. The molecule has 0 aliphatic rings. The van der Waals surface area contributed by atoms with Crippen LogP contribution in [0.25, 0.3) is 10.8 Å². The van der Waals surface area contributed by atoms with Gasteiger partial charge < -0.3 is 15.5 Å². The molecule has 0 heterocycles. The summed E-state index contributed by atoms with van der Waals surface area (Å²) < 4.78 is 0. The third-order valence-corrected chi connectivity index (χ3v) is 2.79. The lowest BCUT2D eigenvalue weighted by Gasteiger charge is -2.05. The maximum absolute atomic E-state index is 11.8. The van der Waals surface area contributed by atoms with Gasteiger partial charge in [-0.05, 0) is 35.5 Å². The summed E-state index contributed by atoms with van der Waals surface area (Å²) in [6, 6.07) is 8.12. The van der Waals surface area contributed by atoms with E-state index < -0.39 is 0 Å². The highest BCUT2D eigenvalue weighted by molar-refractivity contribution is 6.01. The van der Waals surface area contributed by atoms with Gasteiger partial charge in [-0.2, -0.15) is 0 Å². The Kier molecular flexibility index (Phi) is 5.15. The molecule has 2 rings (SSSR count). The van der Waals surface area contributed by atoms with Crippen molar-refractivity contribution in [1.82, 2.24) is 5.32 Å². The standard InChI is InChI=1S/C14H15NO3.ClH/c1-2-15-8-14(18)10-4-3-9-6-12(16)13(17)7-11(9)5-10;/h3-7,15-17H,2,8H2,1H3;1H. The summed E-state index contributed by atoms with van der Waals surface area (Å²) in [6.45, 7) is 2.98. The van der Waals surface area contributed by atoms with E-state index in [1.807, 2.05) is 6.92 Å². The Morgan fingerprint density at radius 3 is 2.37 bits per heavy atom. The van der Waals surface area contributed by atoms with Gasteiger partial charge in [0.2, 0.25) is 0 Å². The molecule has 0 unspecified atom stereocenters. The topological polar surface area (TPSA) is 69.6 Å². The maximum atomic E-state index is 11.8. The predicted octanol–water partition coefficient (Wildman–Crippen LogP) is 2.47. The van der Waals surface area contributed by atoms with Crippen LogP contribution in [0, 0.1) is 0 Å². The number of nitrogens with one attached hydrogen (secondary N) is 1. The third kappa shape index (κ3) is 3.36. The van der Waals surface area contributed by atoms with Crippen LogP contribution >= 0.6 is 12.4 Å². The molecule has 2 aromatic rings. The summed E-state index contributed by atoms with van der Waals surface area (Å²) >= 11 is 0. The van der Waals surface area contributed by atoms with Crippen molar-refractivity contribution in [3.63, 3.8) is 0 Å². The van der Waals surface area contributed by atoms with Crippen molar-refractivity contribution in [2.75, 3.05) is 13.1 Å². The minimum absolute atomic E-state index is 0. The van der Waals surface area contributed by atoms with E-state index in [0.29, 0.717) is 12.1 Å². The normalized spacial score (nSPS) is 10.2. The molecule has 19 heavy (non-hydrogen) atoms. The quantitative estimate of drug-likeness (QED) is 0.595. The van der Waals surface area contributed by atoms with E-state index in [4.69, 9.17) is 0 Å². The van der Waals surface area contributed by atoms with E-state index in [2.05, 4.69) is 5.32 Å². The Labute approximate surface area is 117 Å². The van der Waals surface area contributed by atoms with Crippen molar-refractivity contribution in [2.24, 2.45) is 0 Å². The molecule has 0 aromatic heterocycles. The van der Waals surface area contributed by atoms with E-state index >= 15 is 0 Å². The lowest BCUT2D eigenvalue weighted by molar-refractivity contribution is 0.0992. The molecule has 0 saturated carbocycles. The molecule has 0 fully saturated rings. The van der Waals surface area contributed by atoms with Crippen LogP contribution in [0.3, 0.4) is 0 Å². The number of carbonyl (C=O) groups is 1. The number of aromatic hydroxyl groups is 2. The van der Waals surface area contributed by atoms with Gasteiger partial charge in [0.05, 0.1) is 6.54 Å². The third-order valence-electron chi connectivity index (χ3n) is 2.79. The number of Topliss-reactive ketones (excluding diaryl/α,β-unsaturated/α-hetero) is 1. The van der Waals surface area contributed by atoms with Gasteiger partial charge >= 0.3 is 0 Å². The molecule has 0 amide bonds. The molecule has 0 saturated heterocycles. The van der Waals surface area contributed by atoms with Crippen molar-refractivity contribution in [3.05, 3.63) is 35.9 Å². The molecule has 0 aliphatic heterocycles. The average Bonchev–Trinajstić information content (AvgIpc) is 2.36. The zero-order valence-corrected chi connectivity index (χ0v) is 11.3. The monoisotopic (exact) mass is 281 g/mol. The number of phenols is 2. The SMILES string of the molecule is CCNCC(=O)c1ccc2cc(O)c(O)cc2c1.Cl. The van der Waals surface area contributed by atoms with Gasteiger partial charge in [-0.15, -0.1) is 12.4 Å². The molecule has 4 nitrogen and oxygen atoms in total. The first-order valence-electron chi connectivity index (χ1n) is 5.81. The molecular weight excluding hydrogens is 266 g/mol. The molecular formula is C14H16ClNO3. The van der Waals surface area contributed by atoms with Gasteiger partial charge in [0.15, 0.2) is 17.3 Å². The van der Waals surface area contributed by atoms with Crippen molar-refractivity contribution in [1.29, 1.82) is 0 Å². The lowest BCUT2D eigenvalue weighted by Crippen LogP contribution is -2.22. The van der Waals surface area contributed by atoms with Crippen LogP contribution in [0.4, 0.5) is 0 Å². The number of fused-ring (bicyclic) bond motifs is 1. The molecule has 0 radical (unpaired) electrons. The van der Waals surface area contributed by atoms with Gasteiger partial charge in [0.25, 0.3) is 0 Å². The first-order valence-corrected chi connectivity index (χ1v) is 5.81. The number of hydrogen-bond donors (Lipinski definition) is 3. The molecule has 0 spiro atoms. The van der Waals surface area contributed by atoms with Gasteiger partial charge in [-0.3, -0.25) is 4.79 Å². The van der Waals surface area contributed by atoms with Crippen LogP contribution in [-0.2, 0) is 0 Å². The summed E-state index contributed by atoms with van der Waals surface area (Å²) in [6.07, 6.45) is 0. The largest absolute Gasteiger partial charge is 0.504 e. The van der Waals surface area contributed by atoms with E-state index in [1.165, 1.54) is 12.1 Å². The zero-order chi connectivity index (χ0) is 13.1. The summed E-state index contributed by atoms with van der Waals surface area (Å²) in [5.41, 5.74) is 0.591. The van der Waals surface area contributed by atoms with Crippen molar-refractivity contribution < 1.29 is 15.0 Å². The molecule has 102 valence electrons. The highest BCUT2D eigenvalue weighted by atomic mass is 35.5. The van der Waals surface area contributed by atoms with Crippen LogP contribution in [0.15, 0.2) is 30.3 Å². The van der Waals surface area contributed by atoms with E-state index in [9.17, 15) is 15.0 Å². The molecule has 0 atom stereocenters. The van der Waals surface area contributed by atoms with Crippen molar-refractivity contribution in [2.45, 2.75) is 6.92 Å². The molecule has 0 bridgehead atoms. The predicted molar refractivity (Wildman–Crippen MR) is 77.4 cm³/mol. The minimum atomic E-state index is -0.182. The fourth-order valence-corrected chi connectivity index (χ4v) is 1.79. The second-order valence-electron chi connectivity index (χ2n) is 4.11. The Hall–Kier alpha value is -1.78. The fourth-order valence-electron chi connectivity index (χ4n) is 1.79. The van der Waals surface area contributed by atoms with Crippen LogP contribution in [-0.4, -0.2) is 29.1 Å². The van der Waals surface area contributed by atoms with Crippen LogP contribution in [0.5, 0.6) is 11.5 Å². The number of hydrogen-bond acceptors (Lipinski definition) is 4. The summed E-state index contributed by atoms with van der Waals surface area (Å²) in [5.74, 6) is -0.334. The number of benzene rings is 2. The van der Waals surface area contributed by atoms with Gasteiger partial charge in [-0.1, -0.05) is 19.1 Å². The molecule has 0 aliphatic carbocycles. The minimum Gasteiger partial charge on any atom is -0.504 e. The molecule has 2 aromatic carbocycles. The smallest absolute Gasteiger partial charge is 0.176 e. The Balaban J connectivity index is 0.00000180. The fraction of sp³-hybridized carbons (Fsp3) is 0.214. The first-order chi connectivity index (χ1) is 8.61. The average molecular weight is 282 g/mol. The molecule has 5 heteroatoms. The van der Waals surface area contributed by atoms with Gasteiger partial charge in [0, 0.05) is 5.56 Å². The second-order valence-corrected chi connectivity index (χ2v) is 4.11. The highest BCUT2D eigenvalue weighted by Crippen LogP contribution is 2.30. The van der Waals surface area contributed by atoms with Gasteiger partial charge in [-0.25, -0.2) is 0 Å². The first kappa shape index (κ1) is 15.3. The van der Waals surface area contributed by atoms with E-state index in [0.717, 1.165) is 17.3 Å². The van der Waals surface area contributed by atoms with E-state index in [-0.39, 0.29) is 29.7 Å². The Morgan fingerprint density at radius 2 is 1.74 bits per heavy atom. The summed E-state index contributed by atoms with van der Waals surface area (Å²) in [5, 5.41) is 23.3. The van der Waals surface area contributed by atoms with Crippen LogP contribution in [0.2, 0.25) is 0 Å². The van der Waals surface area contributed by atoms with E-state index in [1.54, 1.807) is 18.2 Å². The number of phenolic OH excluding ortho intramolecular Hbond substituents is 2.